The van der Waals surface area contributed by atoms with Crippen molar-refractivity contribution < 1.29 is 8.85 Å². The van der Waals surface area contributed by atoms with Crippen molar-refractivity contribution in [1.82, 2.24) is 0 Å². The molecule has 0 aromatic rings. The van der Waals surface area contributed by atoms with Gasteiger partial charge in [0.1, 0.15) is 11.5 Å². The Balaban J connectivity index is 1.88. The lowest BCUT2D eigenvalue weighted by Crippen LogP contribution is -2.43. The summed E-state index contributed by atoms with van der Waals surface area (Å²) in [6, 6.07) is 0. The van der Waals surface area contributed by atoms with Crippen LogP contribution in [0, 0.1) is 23.7 Å². The van der Waals surface area contributed by atoms with E-state index in [-0.39, 0.29) is 0 Å². The van der Waals surface area contributed by atoms with Crippen LogP contribution in [0.1, 0.15) is 6.42 Å². The molecule has 3 rings (SSSR count). The van der Waals surface area contributed by atoms with Crippen molar-refractivity contribution in [1.29, 1.82) is 0 Å². The normalized spacial score (nSPS) is 36.3. The molecule has 0 aromatic carbocycles. The fraction of sp³-hybridized carbons (Fsp3) is 0.733. The number of rotatable bonds is 4. The Kier molecular flexibility index (Phi) is 2.85. The minimum Gasteiger partial charge on any atom is -0.545 e. The lowest BCUT2D eigenvalue weighted by molar-refractivity contribution is 0.137. The third-order valence-electron chi connectivity index (χ3n) is 4.14. The van der Waals surface area contributed by atoms with E-state index in [1.165, 1.54) is 17.9 Å². The minimum atomic E-state index is -1.54. The average Bonchev–Trinajstić information content (AvgIpc) is 2.78. The Bertz CT molecular complexity index is 414. The molecule has 0 aromatic heterocycles. The Morgan fingerprint density at radius 2 is 1.16 bits per heavy atom. The van der Waals surface area contributed by atoms with Crippen molar-refractivity contribution in [3.8, 4) is 0 Å². The molecule has 0 N–H and O–H groups in total. The molecule has 19 heavy (non-hydrogen) atoms. The Labute approximate surface area is 119 Å². The third-order valence-corrected chi connectivity index (χ3v) is 5.80. The van der Waals surface area contributed by atoms with Crippen LogP contribution in [0.5, 0.6) is 0 Å². The lowest BCUT2D eigenvalue weighted by atomic mass is 9.71. The van der Waals surface area contributed by atoms with E-state index in [0.717, 1.165) is 11.8 Å². The van der Waals surface area contributed by atoms with Crippen molar-refractivity contribution in [3.63, 3.8) is 0 Å². The van der Waals surface area contributed by atoms with E-state index < -0.39 is 16.6 Å². The number of hydrogen-bond acceptors (Lipinski definition) is 2. The van der Waals surface area contributed by atoms with E-state index in [9.17, 15) is 0 Å². The van der Waals surface area contributed by atoms with Gasteiger partial charge >= 0.3 is 0 Å². The third kappa shape index (κ3) is 2.33. The first-order valence-electron chi connectivity index (χ1n) is 7.46. The highest BCUT2D eigenvalue weighted by molar-refractivity contribution is 6.70. The van der Waals surface area contributed by atoms with Crippen LogP contribution < -0.4 is 0 Å². The van der Waals surface area contributed by atoms with Crippen LogP contribution in [-0.2, 0) is 8.85 Å². The highest BCUT2D eigenvalue weighted by Gasteiger charge is 2.58. The summed E-state index contributed by atoms with van der Waals surface area (Å²) in [4.78, 5) is 0. The van der Waals surface area contributed by atoms with Gasteiger partial charge in [-0.05, 0) is 57.5 Å². The van der Waals surface area contributed by atoms with Crippen LogP contribution >= 0.6 is 0 Å². The standard InChI is InChI=1S/C15H26O2Si2/c1-18(2,3)16-14-12-10-7-8-11(9-10)13(12)15(14)17-19(4,5)6/h7-8,10-13H,9H2,1-6H3/t10-,11+,12-,13+. The molecule has 0 radical (unpaired) electrons. The molecule has 1 saturated carbocycles. The van der Waals surface area contributed by atoms with Gasteiger partial charge in [0.25, 0.3) is 0 Å². The lowest BCUT2D eigenvalue weighted by Gasteiger charge is -2.45. The molecule has 3 aliphatic carbocycles. The predicted octanol–water partition coefficient (Wildman–Crippen LogP) is 4.35. The average molecular weight is 295 g/mol. The molecule has 0 saturated heterocycles. The zero-order valence-electron chi connectivity index (χ0n) is 13.0. The first-order valence-corrected chi connectivity index (χ1v) is 14.3. The quantitative estimate of drug-likeness (QED) is 0.567. The highest BCUT2D eigenvalue weighted by Crippen LogP contribution is 2.62. The SMILES string of the molecule is C[Si](C)(C)OC1=C(O[Si](C)(C)C)[C@H]2[C@@H]1[C@H]1C=C[C@@H]2C1. The van der Waals surface area contributed by atoms with Crippen LogP contribution in [0.2, 0.25) is 39.3 Å². The molecule has 4 atom stereocenters. The van der Waals surface area contributed by atoms with E-state index in [0.29, 0.717) is 11.8 Å². The molecule has 0 spiro atoms. The second-order valence-corrected chi connectivity index (χ2v) is 17.0. The first-order chi connectivity index (χ1) is 8.66. The summed E-state index contributed by atoms with van der Waals surface area (Å²) in [5.41, 5.74) is 0. The van der Waals surface area contributed by atoms with E-state index in [2.05, 4.69) is 51.4 Å². The minimum absolute atomic E-state index is 0.632. The van der Waals surface area contributed by atoms with Gasteiger partial charge in [-0.15, -0.1) is 0 Å². The van der Waals surface area contributed by atoms with Gasteiger partial charge in [-0.2, -0.15) is 0 Å². The first kappa shape index (κ1) is 13.5. The van der Waals surface area contributed by atoms with Gasteiger partial charge in [-0.25, -0.2) is 0 Å². The molecular formula is C15H26O2Si2. The van der Waals surface area contributed by atoms with Gasteiger partial charge in [0.05, 0.1) is 0 Å². The molecule has 2 bridgehead atoms. The summed E-state index contributed by atoms with van der Waals surface area (Å²) < 4.78 is 12.8. The van der Waals surface area contributed by atoms with Gasteiger partial charge < -0.3 is 8.85 Å². The zero-order chi connectivity index (χ0) is 14.0. The number of hydrogen-bond donors (Lipinski definition) is 0. The van der Waals surface area contributed by atoms with Gasteiger partial charge in [-0.1, -0.05) is 12.2 Å². The molecule has 0 heterocycles. The molecule has 0 unspecified atom stereocenters. The van der Waals surface area contributed by atoms with E-state index >= 15 is 0 Å². The summed E-state index contributed by atoms with van der Waals surface area (Å²) in [6.45, 7) is 13.6. The zero-order valence-corrected chi connectivity index (χ0v) is 15.0. The van der Waals surface area contributed by atoms with Crippen LogP contribution in [-0.4, -0.2) is 16.6 Å². The fourth-order valence-corrected chi connectivity index (χ4v) is 5.46. The van der Waals surface area contributed by atoms with Crippen molar-refractivity contribution in [2.24, 2.45) is 23.7 Å². The maximum absolute atomic E-state index is 6.38. The van der Waals surface area contributed by atoms with Crippen molar-refractivity contribution >= 4 is 16.6 Å². The fourth-order valence-electron chi connectivity index (χ4n) is 3.67. The molecular weight excluding hydrogens is 268 g/mol. The van der Waals surface area contributed by atoms with Crippen molar-refractivity contribution in [2.75, 3.05) is 0 Å². The summed E-state index contributed by atoms with van der Waals surface area (Å²) in [5.74, 6) is 5.15. The predicted molar refractivity (Wildman–Crippen MR) is 83.6 cm³/mol. The Morgan fingerprint density at radius 3 is 1.47 bits per heavy atom. The van der Waals surface area contributed by atoms with Gasteiger partial charge in [0.15, 0.2) is 0 Å². The molecule has 2 nitrogen and oxygen atoms in total. The Hall–Kier alpha value is -0.486. The van der Waals surface area contributed by atoms with Crippen LogP contribution in [0.15, 0.2) is 23.7 Å². The summed E-state index contributed by atoms with van der Waals surface area (Å²) in [7, 11) is -3.08. The molecule has 4 heteroatoms. The second-order valence-electron chi connectivity index (χ2n) is 8.16. The highest BCUT2D eigenvalue weighted by atomic mass is 28.4. The molecule has 0 aliphatic heterocycles. The van der Waals surface area contributed by atoms with Crippen LogP contribution in [0.3, 0.4) is 0 Å². The van der Waals surface area contributed by atoms with Gasteiger partial charge in [0, 0.05) is 11.8 Å². The maximum atomic E-state index is 6.38. The molecule has 1 fully saturated rings. The topological polar surface area (TPSA) is 18.5 Å². The maximum Gasteiger partial charge on any atom is 0.241 e. The summed E-state index contributed by atoms with van der Waals surface area (Å²) in [5, 5.41) is 0. The summed E-state index contributed by atoms with van der Waals surface area (Å²) >= 11 is 0. The largest absolute Gasteiger partial charge is 0.545 e. The second kappa shape index (κ2) is 4.01. The van der Waals surface area contributed by atoms with Crippen LogP contribution in [0.4, 0.5) is 0 Å². The molecule has 0 amide bonds. The Morgan fingerprint density at radius 1 is 0.789 bits per heavy atom. The smallest absolute Gasteiger partial charge is 0.241 e. The van der Waals surface area contributed by atoms with E-state index in [1.54, 1.807) is 0 Å². The van der Waals surface area contributed by atoms with Crippen molar-refractivity contribution in [2.45, 2.75) is 45.7 Å². The molecule has 3 aliphatic rings. The monoisotopic (exact) mass is 294 g/mol. The van der Waals surface area contributed by atoms with Gasteiger partial charge in [-0.3, -0.25) is 0 Å². The van der Waals surface area contributed by atoms with Crippen LogP contribution in [0.25, 0.3) is 0 Å². The van der Waals surface area contributed by atoms with Crippen molar-refractivity contribution in [3.05, 3.63) is 23.7 Å². The summed E-state index contributed by atoms with van der Waals surface area (Å²) in [6.07, 6.45) is 6.13. The van der Waals surface area contributed by atoms with Gasteiger partial charge in [0.2, 0.25) is 16.6 Å². The molecule has 106 valence electrons. The van der Waals surface area contributed by atoms with E-state index in [1.807, 2.05) is 0 Å². The number of allylic oxidation sites excluding steroid dienone is 4. The number of fused-ring (bicyclic) bond motifs is 5. The van der Waals surface area contributed by atoms with E-state index in [4.69, 9.17) is 8.85 Å².